The van der Waals surface area contributed by atoms with Gasteiger partial charge in [-0.15, -0.1) is 0 Å². The predicted octanol–water partition coefficient (Wildman–Crippen LogP) is 3.23. The van der Waals surface area contributed by atoms with Crippen LogP contribution in [0.2, 0.25) is 0 Å². The van der Waals surface area contributed by atoms with Crippen LogP contribution in [0.15, 0.2) is 36.4 Å². The van der Waals surface area contributed by atoms with Crippen LogP contribution in [-0.4, -0.2) is 14.2 Å². The standard InChI is InChI=1S/C14H14O2/c1-15-13-10-7-3-5-9-6-4-8-11(12(9)10)14(13)16-2/h3-8,13-14H,1-2H3. The maximum absolute atomic E-state index is 5.56. The van der Waals surface area contributed by atoms with E-state index in [1.807, 2.05) is 0 Å². The molecule has 0 spiro atoms. The van der Waals surface area contributed by atoms with E-state index < -0.39 is 0 Å². The van der Waals surface area contributed by atoms with E-state index in [0.717, 1.165) is 0 Å². The van der Waals surface area contributed by atoms with Crippen LogP contribution >= 0.6 is 0 Å². The minimum absolute atomic E-state index is 0.0195. The van der Waals surface area contributed by atoms with E-state index in [0.29, 0.717) is 0 Å². The molecule has 0 saturated carbocycles. The molecule has 16 heavy (non-hydrogen) atoms. The Balaban J connectivity index is 2.34. The van der Waals surface area contributed by atoms with Crippen LogP contribution in [0.3, 0.4) is 0 Å². The van der Waals surface area contributed by atoms with Crippen molar-refractivity contribution >= 4 is 10.8 Å². The summed E-state index contributed by atoms with van der Waals surface area (Å²) in [5.41, 5.74) is 2.48. The van der Waals surface area contributed by atoms with Gasteiger partial charge in [0.15, 0.2) is 0 Å². The van der Waals surface area contributed by atoms with Crippen LogP contribution in [0.25, 0.3) is 10.8 Å². The average molecular weight is 214 g/mol. The summed E-state index contributed by atoms with van der Waals surface area (Å²) >= 11 is 0. The summed E-state index contributed by atoms with van der Waals surface area (Å²) in [6, 6.07) is 12.7. The van der Waals surface area contributed by atoms with Gasteiger partial charge in [-0.25, -0.2) is 0 Å². The van der Waals surface area contributed by atoms with E-state index in [4.69, 9.17) is 9.47 Å². The average Bonchev–Trinajstić information content (AvgIpc) is 2.65. The van der Waals surface area contributed by atoms with Gasteiger partial charge in [-0.1, -0.05) is 36.4 Å². The van der Waals surface area contributed by atoms with Gasteiger partial charge in [-0.05, 0) is 21.9 Å². The van der Waals surface area contributed by atoms with Gasteiger partial charge in [0.05, 0.1) is 0 Å². The van der Waals surface area contributed by atoms with Gasteiger partial charge in [0.1, 0.15) is 12.2 Å². The first-order valence-electron chi connectivity index (χ1n) is 5.44. The third-order valence-corrected chi connectivity index (χ3v) is 3.37. The second-order valence-corrected chi connectivity index (χ2v) is 4.11. The van der Waals surface area contributed by atoms with Gasteiger partial charge in [0, 0.05) is 14.2 Å². The number of ether oxygens (including phenoxy) is 2. The second-order valence-electron chi connectivity index (χ2n) is 4.11. The highest BCUT2D eigenvalue weighted by molar-refractivity contribution is 5.91. The van der Waals surface area contributed by atoms with Crippen LogP contribution in [0, 0.1) is 0 Å². The van der Waals surface area contributed by atoms with Crippen molar-refractivity contribution < 1.29 is 9.47 Å². The highest BCUT2D eigenvalue weighted by atomic mass is 16.5. The highest BCUT2D eigenvalue weighted by Crippen LogP contribution is 2.47. The van der Waals surface area contributed by atoms with Crippen LogP contribution in [0.4, 0.5) is 0 Å². The Labute approximate surface area is 94.8 Å². The molecule has 2 atom stereocenters. The Morgan fingerprint density at radius 3 is 1.75 bits per heavy atom. The largest absolute Gasteiger partial charge is 0.374 e. The molecule has 1 aliphatic rings. The summed E-state index contributed by atoms with van der Waals surface area (Å²) < 4.78 is 11.1. The fraction of sp³-hybridized carbons (Fsp3) is 0.286. The summed E-state index contributed by atoms with van der Waals surface area (Å²) in [4.78, 5) is 0. The molecule has 2 aromatic carbocycles. The lowest BCUT2D eigenvalue weighted by Gasteiger charge is -2.18. The summed E-state index contributed by atoms with van der Waals surface area (Å²) in [6.45, 7) is 0. The van der Waals surface area contributed by atoms with Gasteiger partial charge in [0.25, 0.3) is 0 Å². The molecule has 0 heterocycles. The SMILES string of the molecule is COC1c2cccc3cccc(c23)C1OC. The molecule has 0 aromatic heterocycles. The highest BCUT2D eigenvalue weighted by Gasteiger charge is 2.34. The molecular formula is C14H14O2. The van der Waals surface area contributed by atoms with E-state index in [2.05, 4.69) is 36.4 Å². The molecule has 82 valence electrons. The minimum Gasteiger partial charge on any atom is -0.374 e. The lowest BCUT2D eigenvalue weighted by molar-refractivity contribution is -0.0330. The van der Waals surface area contributed by atoms with E-state index in [1.54, 1.807) is 14.2 Å². The van der Waals surface area contributed by atoms with Crippen molar-refractivity contribution in [2.24, 2.45) is 0 Å². The van der Waals surface area contributed by atoms with Gasteiger partial charge < -0.3 is 9.47 Å². The van der Waals surface area contributed by atoms with Crippen LogP contribution in [0.1, 0.15) is 23.3 Å². The predicted molar refractivity (Wildman–Crippen MR) is 63.4 cm³/mol. The van der Waals surface area contributed by atoms with Gasteiger partial charge >= 0.3 is 0 Å². The van der Waals surface area contributed by atoms with Gasteiger partial charge in [-0.2, -0.15) is 0 Å². The first kappa shape index (κ1) is 9.82. The molecule has 2 heteroatoms. The maximum Gasteiger partial charge on any atom is 0.113 e. The molecule has 1 aliphatic carbocycles. The molecule has 0 amide bonds. The number of methoxy groups -OCH3 is 2. The zero-order chi connectivity index (χ0) is 11.1. The number of hydrogen-bond donors (Lipinski definition) is 0. The van der Waals surface area contributed by atoms with E-state index in [1.165, 1.54) is 21.9 Å². The number of hydrogen-bond acceptors (Lipinski definition) is 2. The Morgan fingerprint density at radius 1 is 0.812 bits per heavy atom. The van der Waals surface area contributed by atoms with Gasteiger partial charge in [-0.3, -0.25) is 0 Å². The monoisotopic (exact) mass is 214 g/mol. The van der Waals surface area contributed by atoms with Gasteiger partial charge in [0.2, 0.25) is 0 Å². The fourth-order valence-corrected chi connectivity index (χ4v) is 2.70. The van der Waals surface area contributed by atoms with Crippen molar-refractivity contribution in [2.45, 2.75) is 12.2 Å². The molecule has 0 aliphatic heterocycles. The molecule has 0 N–H and O–H groups in total. The van der Waals surface area contributed by atoms with Crippen molar-refractivity contribution in [1.82, 2.24) is 0 Å². The molecule has 0 saturated heterocycles. The summed E-state index contributed by atoms with van der Waals surface area (Å²) in [7, 11) is 3.47. The molecule has 2 aromatic rings. The zero-order valence-electron chi connectivity index (χ0n) is 9.44. The molecule has 0 radical (unpaired) electrons. The molecule has 0 fully saturated rings. The number of benzene rings is 2. The van der Waals surface area contributed by atoms with Crippen molar-refractivity contribution in [3.05, 3.63) is 47.5 Å². The lowest BCUT2D eigenvalue weighted by atomic mass is 10.1. The van der Waals surface area contributed by atoms with Crippen LogP contribution in [-0.2, 0) is 9.47 Å². The lowest BCUT2D eigenvalue weighted by Crippen LogP contribution is -2.09. The van der Waals surface area contributed by atoms with E-state index in [-0.39, 0.29) is 12.2 Å². The zero-order valence-corrected chi connectivity index (χ0v) is 9.44. The fourth-order valence-electron chi connectivity index (χ4n) is 2.70. The third kappa shape index (κ3) is 1.14. The van der Waals surface area contributed by atoms with Crippen molar-refractivity contribution in [3.8, 4) is 0 Å². The first-order valence-corrected chi connectivity index (χ1v) is 5.44. The third-order valence-electron chi connectivity index (χ3n) is 3.37. The second kappa shape index (κ2) is 3.58. The molecular weight excluding hydrogens is 200 g/mol. The van der Waals surface area contributed by atoms with Crippen LogP contribution in [0.5, 0.6) is 0 Å². The smallest absolute Gasteiger partial charge is 0.113 e. The summed E-state index contributed by atoms with van der Waals surface area (Å²) in [5, 5.41) is 2.56. The molecule has 2 nitrogen and oxygen atoms in total. The molecule has 2 unspecified atom stereocenters. The van der Waals surface area contributed by atoms with Crippen molar-refractivity contribution in [1.29, 1.82) is 0 Å². The first-order chi connectivity index (χ1) is 7.86. The minimum atomic E-state index is 0.0195. The molecule has 3 rings (SSSR count). The van der Waals surface area contributed by atoms with Crippen molar-refractivity contribution in [2.75, 3.05) is 14.2 Å². The Morgan fingerprint density at radius 2 is 1.31 bits per heavy atom. The number of rotatable bonds is 2. The Kier molecular flexibility index (Phi) is 2.20. The summed E-state index contributed by atoms with van der Waals surface area (Å²) in [5.74, 6) is 0. The molecule has 0 bridgehead atoms. The van der Waals surface area contributed by atoms with E-state index >= 15 is 0 Å². The Hall–Kier alpha value is -1.38. The topological polar surface area (TPSA) is 18.5 Å². The normalized spacial score (nSPS) is 22.9. The Bertz CT molecular complexity index is 488. The maximum atomic E-state index is 5.56. The summed E-state index contributed by atoms with van der Waals surface area (Å²) in [6.07, 6.45) is 0.0391. The van der Waals surface area contributed by atoms with Crippen molar-refractivity contribution in [3.63, 3.8) is 0 Å². The van der Waals surface area contributed by atoms with E-state index in [9.17, 15) is 0 Å². The quantitative estimate of drug-likeness (QED) is 0.764. The van der Waals surface area contributed by atoms with Crippen LogP contribution < -0.4 is 0 Å².